The number of amides is 4. The highest BCUT2D eigenvalue weighted by Gasteiger charge is 2.35. The SMILES string of the molecule is CC(C)C[C@H](N)C(=O)O.Cc1cccc(C)c1OCC(=O)N[C@@H](Cc1ccccc1)[C@@H](O)C[C@H](Cc1ccccc1)NC(=O)[C@H](C(C)C)N1CCCNC1=O. The highest BCUT2D eigenvalue weighted by atomic mass is 16.5. The lowest BCUT2D eigenvalue weighted by Gasteiger charge is -2.37. The summed E-state index contributed by atoms with van der Waals surface area (Å²) >= 11 is 0. The molecule has 12 nitrogen and oxygen atoms in total. The van der Waals surface area contributed by atoms with Crippen LogP contribution in [0.4, 0.5) is 4.79 Å². The molecule has 12 heteroatoms. The van der Waals surface area contributed by atoms with Gasteiger partial charge in [0.05, 0.1) is 12.1 Å². The van der Waals surface area contributed by atoms with E-state index in [9.17, 15) is 24.3 Å². The molecule has 0 saturated carbocycles. The number of hydrogen-bond acceptors (Lipinski definition) is 7. The molecule has 0 spiro atoms. The van der Waals surface area contributed by atoms with Gasteiger partial charge in [-0.1, -0.05) is 107 Å². The Balaban J connectivity index is 0.000000801. The van der Waals surface area contributed by atoms with E-state index in [0.29, 0.717) is 44.0 Å². The second-order valence-electron chi connectivity index (χ2n) is 15.1. The number of nitrogens with one attached hydrogen (secondary N) is 3. The van der Waals surface area contributed by atoms with Crippen molar-refractivity contribution in [2.24, 2.45) is 17.6 Å². The van der Waals surface area contributed by atoms with E-state index in [1.54, 1.807) is 4.90 Å². The summed E-state index contributed by atoms with van der Waals surface area (Å²) in [6.07, 6.45) is 1.38. The van der Waals surface area contributed by atoms with Crippen molar-refractivity contribution in [1.82, 2.24) is 20.9 Å². The molecule has 0 radical (unpaired) electrons. The average Bonchev–Trinajstić information content (AvgIpc) is 3.12. The van der Waals surface area contributed by atoms with E-state index in [4.69, 9.17) is 15.6 Å². The molecule has 0 aliphatic carbocycles. The number of carbonyl (C=O) groups is 4. The van der Waals surface area contributed by atoms with Crippen molar-refractivity contribution in [1.29, 1.82) is 0 Å². The molecule has 4 rings (SSSR count). The molecule has 300 valence electrons. The number of aryl methyl sites for hydroxylation is 2. The first-order valence-electron chi connectivity index (χ1n) is 19.2. The molecule has 3 aromatic carbocycles. The zero-order valence-electron chi connectivity index (χ0n) is 33.2. The van der Waals surface area contributed by atoms with Crippen molar-refractivity contribution in [2.75, 3.05) is 19.7 Å². The van der Waals surface area contributed by atoms with Gasteiger partial charge in [0, 0.05) is 19.1 Å². The van der Waals surface area contributed by atoms with Gasteiger partial charge in [-0.2, -0.15) is 0 Å². The van der Waals surface area contributed by atoms with Gasteiger partial charge in [0.1, 0.15) is 17.8 Å². The van der Waals surface area contributed by atoms with E-state index in [-0.39, 0.29) is 36.8 Å². The molecular weight excluding hydrogens is 699 g/mol. The monoisotopic (exact) mass is 759 g/mol. The van der Waals surface area contributed by atoms with Crippen molar-refractivity contribution in [3.63, 3.8) is 0 Å². The first-order chi connectivity index (χ1) is 26.2. The number of carboxylic acid groups (broad SMARTS) is 1. The molecule has 7 N–H and O–H groups in total. The summed E-state index contributed by atoms with van der Waals surface area (Å²) in [6.45, 7) is 12.5. The van der Waals surface area contributed by atoms with Crippen molar-refractivity contribution in [2.45, 2.75) is 104 Å². The molecule has 3 aromatic rings. The maximum atomic E-state index is 13.8. The largest absolute Gasteiger partial charge is 0.483 e. The summed E-state index contributed by atoms with van der Waals surface area (Å²) in [5, 5.41) is 29.0. The van der Waals surface area contributed by atoms with Gasteiger partial charge in [-0.25, -0.2) is 4.79 Å². The van der Waals surface area contributed by atoms with Gasteiger partial charge in [-0.05, 0) is 80.0 Å². The summed E-state index contributed by atoms with van der Waals surface area (Å²) < 4.78 is 5.90. The van der Waals surface area contributed by atoms with Gasteiger partial charge >= 0.3 is 12.0 Å². The topological polar surface area (TPSA) is 183 Å². The highest BCUT2D eigenvalue weighted by molar-refractivity contribution is 5.88. The number of nitrogens with two attached hydrogens (primary N) is 1. The number of carboxylic acids is 1. The lowest BCUT2D eigenvalue weighted by Crippen LogP contribution is -2.59. The summed E-state index contributed by atoms with van der Waals surface area (Å²) in [5.74, 6) is -0.605. The number of carbonyl (C=O) groups excluding carboxylic acids is 3. The number of para-hydroxylation sites is 1. The van der Waals surface area contributed by atoms with Crippen LogP contribution in [-0.4, -0.2) is 88.9 Å². The molecular formula is C43H61N5O7. The third-order valence-corrected chi connectivity index (χ3v) is 9.45. The minimum absolute atomic E-state index is 0.117. The van der Waals surface area contributed by atoms with Crippen LogP contribution >= 0.6 is 0 Å². The van der Waals surface area contributed by atoms with E-state index in [0.717, 1.165) is 28.7 Å². The predicted molar refractivity (Wildman–Crippen MR) is 215 cm³/mol. The summed E-state index contributed by atoms with van der Waals surface area (Å²) in [5.41, 5.74) is 9.06. The van der Waals surface area contributed by atoms with Gasteiger partial charge in [-0.3, -0.25) is 14.4 Å². The minimum Gasteiger partial charge on any atom is -0.483 e. The number of rotatable bonds is 18. The lowest BCUT2D eigenvalue weighted by atomic mass is 9.92. The van der Waals surface area contributed by atoms with Crippen LogP contribution < -0.4 is 26.4 Å². The molecule has 1 fully saturated rings. The molecule has 0 bridgehead atoms. The Bertz CT molecular complexity index is 1630. The quantitative estimate of drug-likeness (QED) is 0.107. The smallest absolute Gasteiger partial charge is 0.320 e. The summed E-state index contributed by atoms with van der Waals surface area (Å²) in [6, 6.07) is 22.6. The number of urea groups is 1. The Morgan fingerprint density at radius 2 is 1.44 bits per heavy atom. The minimum atomic E-state index is -0.992. The molecule has 1 aliphatic rings. The molecule has 1 heterocycles. The van der Waals surface area contributed by atoms with Crippen LogP contribution in [0.1, 0.15) is 69.2 Å². The van der Waals surface area contributed by atoms with E-state index < -0.39 is 36.2 Å². The fraction of sp³-hybridized carbons (Fsp3) is 0.488. The number of aliphatic hydroxyl groups excluding tert-OH is 1. The Morgan fingerprint density at radius 1 is 0.855 bits per heavy atom. The zero-order chi connectivity index (χ0) is 40.5. The maximum absolute atomic E-state index is 13.8. The molecule has 1 saturated heterocycles. The molecule has 0 unspecified atom stereocenters. The summed E-state index contributed by atoms with van der Waals surface area (Å²) in [4.78, 5) is 51.4. The van der Waals surface area contributed by atoms with Crippen molar-refractivity contribution in [3.8, 4) is 5.75 Å². The van der Waals surface area contributed by atoms with Crippen LogP contribution in [0.15, 0.2) is 78.9 Å². The van der Waals surface area contributed by atoms with Gasteiger partial charge in [-0.15, -0.1) is 0 Å². The first-order valence-corrected chi connectivity index (χ1v) is 19.2. The van der Waals surface area contributed by atoms with Crippen LogP contribution in [0.25, 0.3) is 0 Å². The molecule has 0 aromatic heterocycles. The van der Waals surface area contributed by atoms with E-state index in [2.05, 4.69) is 16.0 Å². The van der Waals surface area contributed by atoms with E-state index in [1.807, 2.05) is 120 Å². The number of aliphatic carboxylic acids is 1. The predicted octanol–water partition coefficient (Wildman–Crippen LogP) is 4.77. The molecule has 5 atom stereocenters. The van der Waals surface area contributed by atoms with Gasteiger partial charge in [0.2, 0.25) is 5.91 Å². The van der Waals surface area contributed by atoms with Gasteiger partial charge < -0.3 is 41.5 Å². The molecule has 4 amide bonds. The Kier molecular flexibility index (Phi) is 18.1. The normalized spacial score (nSPS) is 15.5. The third-order valence-electron chi connectivity index (χ3n) is 9.45. The van der Waals surface area contributed by atoms with Crippen molar-refractivity contribution >= 4 is 23.8 Å². The van der Waals surface area contributed by atoms with E-state index in [1.165, 1.54) is 0 Å². The Hall–Kier alpha value is -4.94. The lowest BCUT2D eigenvalue weighted by molar-refractivity contribution is -0.139. The number of aliphatic hydroxyl groups is 1. The van der Waals surface area contributed by atoms with Gasteiger partial charge in [0.15, 0.2) is 6.61 Å². The Labute approximate surface area is 326 Å². The maximum Gasteiger partial charge on any atom is 0.320 e. The second-order valence-corrected chi connectivity index (χ2v) is 15.1. The number of ether oxygens (including phenoxy) is 1. The Morgan fingerprint density at radius 3 is 1.95 bits per heavy atom. The van der Waals surface area contributed by atoms with Crippen LogP contribution in [-0.2, 0) is 27.2 Å². The number of benzene rings is 3. The summed E-state index contributed by atoms with van der Waals surface area (Å²) in [7, 11) is 0. The highest BCUT2D eigenvalue weighted by Crippen LogP contribution is 2.22. The number of nitrogens with zero attached hydrogens (tertiary/aromatic N) is 1. The molecule has 55 heavy (non-hydrogen) atoms. The van der Waals surface area contributed by atoms with Crippen LogP contribution in [0.2, 0.25) is 0 Å². The second kappa shape index (κ2) is 22.4. The first kappa shape index (κ1) is 44.5. The fourth-order valence-corrected chi connectivity index (χ4v) is 6.72. The van der Waals surface area contributed by atoms with Gasteiger partial charge in [0.25, 0.3) is 5.91 Å². The standard InChI is InChI=1S/C37H48N4O5.C6H13NO2/c1-25(2)34(41-20-12-19-38-37(41)45)36(44)39-30(21-28-15-7-5-8-16-28)23-32(42)31(22-29-17-9-6-10-18-29)40-33(43)24-46-35-26(3)13-11-14-27(35)4;1-4(2)3-5(7)6(8)9/h5-11,13-18,25,30-32,34,42H,12,19-24H2,1-4H3,(H,38,45)(H,39,44)(H,40,43);4-5H,3,7H2,1-2H3,(H,8,9)/t30-,31-,32-,34-;5-/m00/s1. The number of hydrogen-bond donors (Lipinski definition) is 6. The van der Waals surface area contributed by atoms with Crippen molar-refractivity contribution < 1.29 is 34.1 Å². The third kappa shape index (κ3) is 15.0. The van der Waals surface area contributed by atoms with Crippen LogP contribution in [0.3, 0.4) is 0 Å². The average molecular weight is 760 g/mol. The van der Waals surface area contributed by atoms with Crippen LogP contribution in [0, 0.1) is 25.7 Å². The van der Waals surface area contributed by atoms with Crippen LogP contribution in [0.5, 0.6) is 5.75 Å². The fourth-order valence-electron chi connectivity index (χ4n) is 6.72. The zero-order valence-corrected chi connectivity index (χ0v) is 33.2. The van der Waals surface area contributed by atoms with E-state index >= 15 is 0 Å². The van der Waals surface area contributed by atoms with Crippen molar-refractivity contribution in [3.05, 3.63) is 101 Å². The molecule has 1 aliphatic heterocycles.